The molecule has 33 heavy (non-hydrogen) atoms. The van der Waals surface area contributed by atoms with Crippen molar-refractivity contribution in [3.8, 4) is 0 Å². The van der Waals surface area contributed by atoms with Gasteiger partial charge in [0.1, 0.15) is 11.4 Å². The van der Waals surface area contributed by atoms with Gasteiger partial charge in [-0.1, -0.05) is 28.2 Å². The van der Waals surface area contributed by atoms with Crippen LogP contribution in [0, 0.1) is 5.41 Å². The van der Waals surface area contributed by atoms with Crippen molar-refractivity contribution < 1.29 is 22.7 Å². The van der Waals surface area contributed by atoms with E-state index in [9.17, 15) is 18.0 Å². The Bertz CT molecular complexity index is 640. The molecule has 0 aromatic heterocycles. The summed E-state index contributed by atoms with van der Waals surface area (Å²) in [6.07, 6.45) is 0.944. The average molecular weight is 499 g/mol. The molecule has 0 aliphatic rings. The topological polar surface area (TPSA) is 84.0 Å². The molecule has 0 saturated carbocycles. The number of ether oxygens (including phenoxy) is 1. The van der Waals surface area contributed by atoms with Crippen molar-refractivity contribution in [3.05, 3.63) is 0 Å². The molecule has 0 heterocycles. The third-order valence-electron chi connectivity index (χ3n) is 4.27. The van der Waals surface area contributed by atoms with Gasteiger partial charge in [0.25, 0.3) is 0 Å². The van der Waals surface area contributed by atoms with E-state index in [0.29, 0.717) is 5.54 Å². The lowest BCUT2D eigenvalue weighted by Crippen LogP contribution is -2.34. The molecule has 0 aromatic carbocycles. The molecule has 0 rings (SSSR count). The summed E-state index contributed by atoms with van der Waals surface area (Å²) in [4.78, 5) is 24.9. The van der Waals surface area contributed by atoms with Gasteiger partial charge in [0, 0.05) is 31.3 Å². The van der Waals surface area contributed by atoms with Crippen LogP contribution in [-0.4, -0.2) is 80.4 Å². The van der Waals surface area contributed by atoms with E-state index < -0.39 is 14.6 Å². The molecule has 0 atom stereocenters. The molecule has 0 aliphatic carbocycles. The van der Waals surface area contributed by atoms with E-state index in [2.05, 4.69) is 39.8 Å². The van der Waals surface area contributed by atoms with Gasteiger partial charge in [-0.25, -0.2) is 13.2 Å². The molecule has 0 bridgehead atoms. The summed E-state index contributed by atoms with van der Waals surface area (Å²) >= 11 is 0. The van der Waals surface area contributed by atoms with Gasteiger partial charge in [-0.3, -0.25) is 4.79 Å². The van der Waals surface area contributed by atoms with Gasteiger partial charge in [0.15, 0.2) is 9.84 Å². The molecule has 8 heteroatoms. The summed E-state index contributed by atoms with van der Waals surface area (Å²) < 4.78 is 25.7. The highest BCUT2D eigenvalue weighted by Crippen LogP contribution is 2.13. The minimum atomic E-state index is -2.84. The number of carbonyl (C=O) groups is 2. The van der Waals surface area contributed by atoms with Gasteiger partial charge >= 0.3 is 6.09 Å². The number of amides is 1. The van der Waals surface area contributed by atoms with Gasteiger partial charge in [0.05, 0.1) is 4.75 Å². The maximum atomic E-state index is 10.9. The van der Waals surface area contributed by atoms with Crippen LogP contribution in [0.1, 0.15) is 97.4 Å². The normalized spacial score (nSPS) is 11.8. The molecule has 0 aliphatic heterocycles. The lowest BCUT2D eigenvalue weighted by Gasteiger charge is -2.27. The smallest absolute Gasteiger partial charge is 0.409 e. The number of ketones is 1. The minimum absolute atomic E-state index is 0. The third kappa shape index (κ3) is 30.9. The van der Waals surface area contributed by atoms with Gasteiger partial charge in [-0.05, 0) is 83.3 Å². The first-order valence-electron chi connectivity index (χ1n) is 10.7. The summed E-state index contributed by atoms with van der Waals surface area (Å²) in [6.45, 7) is 24.5. The number of sulfone groups is 1. The van der Waals surface area contributed by atoms with Crippen molar-refractivity contribution in [2.75, 3.05) is 34.4 Å². The highest BCUT2D eigenvalue weighted by molar-refractivity contribution is 7.92. The van der Waals surface area contributed by atoms with Crippen LogP contribution >= 0.6 is 0 Å². The second-order valence-electron chi connectivity index (χ2n) is 12.1. The molecule has 0 spiro atoms. The molecule has 1 amide bonds. The summed E-state index contributed by atoms with van der Waals surface area (Å²) in [5.74, 6) is 0.243. The lowest BCUT2D eigenvalue weighted by molar-refractivity contribution is -0.124. The maximum Gasteiger partial charge on any atom is 0.409 e. The summed E-state index contributed by atoms with van der Waals surface area (Å²) in [5.41, 5.74) is -0.193. The van der Waals surface area contributed by atoms with Crippen molar-refractivity contribution in [2.24, 2.45) is 5.41 Å². The van der Waals surface area contributed by atoms with Crippen molar-refractivity contribution in [1.29, 1.82) is 0 Å². The molecule has 204 valence electrons. The van der Waals surface area contributed by atoms with Crippen LogP contribution in [0.15, 0.2) is 0 Å². The van der Waals surface area contributed by atoms with Crippen molar-refractivity contribution in [1.82, 2.24) is 9.80 Å². The van der Waals surface area contributed by atoms with Gasteiger partial charge < -0.3 is 14.5 Å². The Labute approximate surface area is 207 Å². The zero-order chi connectivity index (χ0) is 27.5. The third-order valence-corrected chi connectivity index (χ3v) is 6.49. The second-order valence-corrected chi connectivity index (χ2v) is 14.9. The van der Waals surface area contributed by atoms with Crippen LogP contribution in [0.2, 0.25) is 0 Å². The van der Waals surface area contributed by atoms with Crippen LogP contribution in [0.4, 0.5) is 4.79 Å². The molecule has 0 radical (unpaired) electrons. The average Bonchev–Trinajstić information content (AvgIpc) is 2.42. The predicted octanol–water partition coefficient (Wildman–Crippen LogP) is 5.92. The van der Waals surface area contributed by atoms with Gasteiger partial charge in [0.2, 0.25) is 0 Å². The van der Waals surface area contributed by atoms with Crippen LogP contribution < -0.4 is 0 Å². The number of nitrogens with zero attached hydrogens (tertiary/aromatic N) is 2. The second kappa shape index (κ2) is 15.7. The Hall–Kier alpha value is -1.15. The SMILES string of the molecule is C.CC(=O)C(C)(C)C.CC(C)(C)S(C)(=O)=O.CN(C)C(=O)OC(C)(C)C.CN(C)C(C)(C)C. The molecular formula is C25H58N2O5S. The Morgan fingerprint density at radius 2 is 0.939 bits per heavy atom. The van der Waals surface area contributed by atoms with E-state index in [1.807, 2.05) is 41.5 Å². The summed E-state index contributed by atoms with van der Waals surface area (Å²) in [6, 6.07) is 0. The molecule has 0 unspecified atom stereocenters. The van der Waals surface area contributed by atoms with Crippen LogP contribution in [0.25, 0.3) is 0 Å². The Kier molecular flexibility index (Phi) is 20.0. The molecule has 0 fully saturated rings. The lowest BCUT2D eigenvalue weighted by atomic mass is 9.92. The van der Waals surface area contributed by atoms with Crippen LogP contribution in [-0.2, 0) is 19.4 Å². The Morgan fingerprint density at radius 3 is 0.970 bits per heavy atom. The number of hydrogen-bond donors (Lipinski definition) is 0. The highest BCUT2D eigenvalue weighted by Gasteiger charge is 2.23. The first-order valence-corrected chi connectivity index (χ1v) is 12.6. The first-order chi connectivity index (χ1) is 13.5. The molecule has 0 aromatic rings. The number of rotatable bonds is 0. The van der Waals surface area contributed by atoms with E-state index in [-0.39, 0.29) is 30.3 Å². The van der Waals surface area contributed by atoms with E-state index >= 15 is 0 Å². The van der Waals surface area contributed by atoms with E-state index in [1.165, 1.54) is 11.2 Å². The molecule has 0 N–H and O–H groups in total. The quantitative estimate of drug-likeness (QED) is 0.412. The monoisotopic (exact) mass is 498 g/mol. The van der Waals surface area contributed by atoms with Crippen molar-refractivity contribution in [3.63, 3.8) is 0 Å². The van der Waals surface area contributed by atoms with Crippen LogP contribution in [0.5, 0.6) is 0 Å². The van der Waals surface area contributed by atoms with Crippen molar-refractivity contribution >= 4 is 21.7 Å². The van der Waals surface area contributed by atoms with Gasteiger partial charge in [-0.15, -0.1) is 0 Å². The fourth-order valence-electron chi connectivity index (χ4n) is 0.353. The van der Waals surface area contributed by atoms with E-state index in [4.69, 9.17) is 4.74 Å². The fraction of sp³-hybridized carbons (Fsp3) is 0.920. The highest BCUT2D eigenvalue weighted by atomic mass is 32.2. The minimum Gasteiger partial charge on any atom is -0.444 e. The summed E-state index contributed by atoms with van der Waals surface area (Å²) in [7, 11) is 4.65. The molecule has 7 nitrogen and oxygen atoms in total. The largest absolute Gasteiger partial charge is 0.444 e. The van der Waals surface area contributed by atoms with E-state index in [1.54, 1.807) is 41.8 Å². The van der Waals surface area contributed by atoms with Gasteiger partial charge in [-0.2, -0.15) is 0 Å². The number of carbonyl (C=O) groups excluding carboxylic acids is 2. The Balaban J connectivity index is -0.000000106. The fourth-order valence-corrected chi connectivity index (χ4v) is 0.353. The molecule has 0 saturated heterocycles. The Morgan fingerprint density at radius 1 is 0.727 bits per heavy atom. The van der Waals surface area contributed by atoms with Crippen LogP contribution in [0.3, 0.4) is 0 Å². The first kappa shape index (κ1) is 42.0. The standard InChI is InChI=1S/C7H15NO2.C6H15N.C6H12O.C5H12O2S.CH4/c1-7(2,3)10-6(9)8(4)5;1-6(2,3)7(4)5;1-5(7)6(2,3)4;1-5(2,3)8(4,6)7;/h1-5H3;1-5H3;1-4H3;1-4H3;1H4. The zero-order valence-electron chi connectivity index (χ0n) is 24.3. The molecular weight excluding hydrogens is 440 g/mol. The maximum absolute atomic E-state index is 10.9. The van der Waals surface area contributed by atoms with E-state index in [0.717, 1.165) is 0 Å². The zero-order valence-corrected chi connectivity index (χ0v) is 25.2. The number of hydrogen-bond acceptors (Lipinski definition) is 6. The predicted molar refractivity (Wildman–Crippen MR) is 145 cm³/mol. The summed E-state index contributed by atoms with van der Waals surface area (Å²) in [5, 5.41) is 0. The van der Waals surface area contributed by atoms with Crippen molar-refractivity contribution in [2.45, 2.75) is 113 Å². The number of Topliss-reactive ketones (excluding diaryl/α,β-unsaturated/α-hetero) is 1.